The van der Waals surface area contributed by atoms with Crippen LogP contribution in [0.3, 0.4) is 0 Å². The van der Waals surface area contributed by atoms with Crippen LogP contribution in [-0.4, -0.2) is 78.0 Å². The van der Waals surface area contributed by atoms with Crippen molar-refractivity contribution in [3.8, 4) is 11.3 Å². The molecule has 0 saturated carbocycles. The van der Waals surface area contributed by atoms with E-state index in [1.807, 2.05) is 24.8 Å². The zero-order valence-corrected chi connectivity index (χ0v) is 19.2. The molecule has 170 valence electrons. The number of hydrogen-bond donors (Lipinski definition) is 0. The Morgan fingerprint density at radius 2 is 1.88 bits per heavy atom. The molecule has 1 amide bonds. The van der Waals surface area contributed by atoms with Crippen molar-refractivity contribution >= 4 is 26.8 Å². The van der Waals surface area contributed by atoms with Gasteiger partial charge < -0.3 is 13.8 Å². The predicted molar refractivity (Wildman–Crippen MR) is 118 cm³/mol. The topological polar surface area (TPSA) is 110 Å². The minimum Gasteiger partial charge on any atom is -0.466 e. The number of fused-ring (bicyclic) bond motifs is 1. The number of carbonyl (C=O) groups excluding carboxylic acids is 1. The molecule has 32 heavy (non-hydrogen) atoms. The smallest absolute Gasteiger partial charge is 0.259 e. The van der Waals surface area contributed by atoms with E-state index in [1.165, 1.54) is 0 Å². The summed E-state index contributed by atoms with van der Waals surface area (Å²) in [5.74, 6) is 1.88. The Morgan fingerprint density at radius 1 is 1.12 bits per heavy atom. The standard InChI is InChI=1S/C22H26N4O5S/c1-13-10-17(15(3)30-13)19-11-18(20-14(2)24-31-21(20)23-19)22(27)26-7-5-25(6-8-26)16-4-9-32(28,29)12-16/h10-11,16H,4-9,12H2,1-3H3. The molecule has 0 N–H and O–H groups in total. The number of furan rings is 1. The molecule has 9 nitrogen and oxygen atoms in total. The quantitative estimate of drug-likeness (QED) is 0.588. The summed E-state index contributed by atoms with van der Waals surface area (Å²) in [6, 6.07) is 3.75. The maximum Gasteiger partial charge on any atom is 0.259 e. The van der Waals surface area contributed by atoms with Crippen molar-refractivity contribution in [1.29, 1.82) is 0 Å². The average Bonchev–Trinajstić information content (AvgIpc) is 3.43. The van der Waals surface area contributed by atoms with Gasteiger partial charge in [-0.2, -0.15) is 0 Å². The summed E-state index contributed by atoms with van der Waals surface area (Å²) in [7, 11) is -2.93. The highest BCUT2D eigenvalue weighted by Crippen LogP contribution is 2.31. The van der Waals surface area contributed by atoms with E-state index in [1.54, 1.807) is 13.0 Å². The maximum atomic E-state index is 13.6. The number of nitrogens with zero attached hydrogens (tertiary/aromatic N) is 4. The molecule has 2 fully saturated rings. The van der Waals surface area contributed by atoms with Crippen LogP contribution in [0, 0.1) is 20.8 Å². The van der Waals surface area contributed by atoms with Gasteiger partial charge in [0, 0.05) is 37.8 Å². The second-order valence-corrected chi connectivity index (χ2v) is 10.9. The van der Waals surface area contributed by atoms with Crippen molar-refractivity contribution in [2.24, 2.45) is 0 Å². The molecule has 3 aromatic rings. The van der Waals surface area contributed by atoms with Crippen LogP contribution in [0.15, 0.2) is 21.1 Å². The minimum absolute atomic E-state index is 0.0594. The lowest BCUT2D eigenvalue weighted by Crippen LogP contribution is -2.52. The van der Waals surface area contributed by atoms with Gasteiger partial charge in [-0.1, -0.05) is 5.16 Å². The van der Waals surface area contributed by atoms with Crippen molar-refractivity contribution in [3.05, 3.63) is 34.9 Å². The molecule has 5 rings (SSSR count). The van der Waals surface area contributed by atoms with Crippen LogP contribution in [0.2, 0.25) is 0 Å². The van der Waals surface area contributed by atoms with Gasteiger partial charge in [0.15, 0.2) is 9.84 Å². The highest BCUT2D eigenvalue weighted by atomic mass is 32.2. The van der Waals surface area contributed by atoms with Gasteiger partial charge in [0.05, 0.1) is 33.8 Å². The monoisotopic (exact) mass is 458 g/mol. The summed E-state index contributed by atoms with van der Waals surface area (Å²) in [6.45, 7) is 7.95. The first kappa shape index (κ1) is 21.1. The molecule has 2 aliphatic rings. The third-order valence-electron chi connectivity index (χ3n) is 6.49. The first-order valence-corrected chi connectivity index (χ1v) is 12.6. The number of rotatable bonds is 3. The number of aryl methyl sites for hydroxylation is 3. The van der Waals surface area contributed by atoms with Crippen molar-refractivity contribution in [1.82, 2.24) is 19.9 Å². The number of pyridine rings is 1. The molecule has 0 bridgehead atoms. The fraction of sp³-hybridized carbons (Fsp3) is 0.500. The van der Waals surface area contributed by atoms with Crippen LogP contribution >= 0.6 is 0 Å². The zero-order chi connectivity index (χ0) is 22.6. The van der Waals surface area contributed by atoms with E-state index < -0.39 is 9.84 Å². The second kappa shape index (κ2) is 7.70. The van der Waals surface area contributed by atoms with Gasteiger partial charge in [-0.25, -0.2) is 13.4 Å². The first-order valence-electron chi connectivity index (χ1n) is 10.8. The molecule has 1 atom stereocenters. The van der Waals surface area contributed by atoms with Gasteiger partial charge in [0.2, 0.25) is 0 Å². The largest absolute Gasteiger partial charge is 0.466 e. The van der Waals surface area contributed by atoms with Crippen molar-refractivity contribution in [2.45, 2.75) is 33.2 Å². The lowest BCUT2D eigenvalue weighted by molar-refractivity contribution is 0.0589. The summed E-state index contributed by atoms with van der Waals surface area (Å²) in [6.07, 6.45) is 0.675. The molecular formula is C22H26N4O5S. The fourth-order valence-electron chi connectivity index (χ4n) is 4.81. The van der Waals surface area contributed by atoms with Gasteiger partial charge >= 0.3 is 0 Å². The Kier molecular flexibility index (Phi) is 5.09. The average molecular weight is 459 g/mol. The van der Waals surface area contributed by atoms with Gasteiger partial charge in [-0.05, 0) is 39.3 Å². The van der Waals surface area contributed by atoms with Gasteiger partial charge in [0.25, 0.3) is 11.6 Å². The van der Waals surface area contributed by atoms with E-state index in [0.29, 0.717) is 60.7 Å². The van der Waals surface area contributed by atoms with E-state index in [0.717, 1.165) is 17.1 Å². The number of sulfone groups is 1. The molecule has 3 aromatic heterocycles. The van der Waals surface area contributed by atoms with E-state index in [-0.39, 0.29) is 23.5 Å². The Balaban J connectivity index is 1.42. The molecule has 5 heterocycles. The number of aromatic nitrogens is 2. The maximum absolute atomic E-state index is 13.6. The SMILES string of the molecule is Cc1cc(-c2cc(C(=O)N3CCN(C4CCS(=O)(=O)C4)CC3)c3c(C)noc3n2)c(C)o1. The van der Waals surface area contributed by atoms with E-state index in [4.69, 9.17) is 8.94 Å². The fourth-order valence-corrected chi connectivity index (χ4v) is 6.57. The molecule has 0 aromatic carbocycles. The minimum atomic E-state index is -2.93. The molecule has 1 unspecified atom stereocenters. The third kappa shape index (κ3) is 3.71. The van der Waals surface area contributed by atoms with Crippen LogP contribution in [-0.2, 0) is 9.84 Å². The lowest BCUT2D eigenvalue weighted by Gasteiger charge is -2.37. The van der Waals surface area contributed by atoms with Gasteiger partial charge in [-0.3, -0.25) is 9.69 Å². The van der Waals surface area contributed by atoms with Crippen LogP contribution in [0.25, 0.3) is 22.4 Å². The van der Waals surface area contributed by atoms with Crippen LogP contribution < -0.4 is 0 Å². The highest BCUT2D eigenvalue weighted by Gasteiger charge is 2.35. The van der Waals surface area contributed by atoms with Gasteiger partial charge in [0.1, 0.15) is 11.5 Å². The number of amides is 1. The third-order valence-corrected chi connectivity index (χ3v) is 8.24. The normalized spacial score (nSPS) is 21.5. The predicted octanol–water partition coefficient (Wildman–Crippen LogP) is 2.35. The Labute approximate surface area is 186 Å². The van der Waals surface area contributed by atoms with Crippen molar-refractivity contribution in [2.75, 3.05) is 37.7 Å². The summed E-state index contributed by atoms with van der Waals surface area (Å²) in [5.41, 5.74) is 2.90. The lowest BCUT2D eigenvalue weighted by atomic mass is 10.0. The van der Waals surface area contributed by atoms with Crippen LogP contribution in [0.1, 0.15) is 34.0 Å². The van der Waals surface area contributed by atoms with E-state index in [2.05, 4.69) is 15.0 Å². The Bertz CT molecular complexity index is 1300. The summed E-state index contributed by atoms with van der Waals surface area (Å²) < 4.78 is 34.7. The van der Waals surface area contributed by atoms with Gasteiger partial charge in [-0.15, -0.1) is 0 Å². The Morgan fingerprint density at radius 3 is 2.50 bits per heavy atom. The zero-order valence-electron chi connectivity index (χ0n) is 18.4. The molecule has 10 heteroatoms. The first-order chi connectivity index (χ1) is 15.2. The summed E-state index contributed by atoms with van der Waals surface area (Å²) >= 11 is 0. The molecule has 0 radical (unpaired) electrons. The van der Waals surface area contributed by atoms with Crippen molar-refractivity contribution in [3.63, 3.8) is 0 Å². The highest BCUT2D eigenvalue weighted by molar-refractivity contribution is 7.91. The number of piperazine rings is 1. The number of hydrogen-bond acceptors (Lipinski definition) is 8. The van der Waals surface area contributed by atoms with Crippen LogP contribution in [0.4, 0.5) is 0 Å². The molecular weight excluding hydrogens is 432 g/mol. The molecule has 0 aliphatic carbocycles. The van der Waals surface area contributed by atoms with E-state index >= 15 is 0 Å². The molecule has 0 spiro atoms. The van der Waals surface area contributed by atoms with Crippen molar-refractivity contribution < 1.29 is 22.2 Å². The molecule has 2 saturated heterocycles. The summed E-state index contributed by atoms with van der Waals surface area (Å²) in [5, 5.41) is 4.65. The summed E-state index contributed by atoms with van der Waals surface area (Å²) in [4.78, 5) is 22.2. The number of carbonyl (C=O) groups is 1. The van der Waals surface area contributed by atoms with E-state index in [9.17, 15) is 13.2 Å². The molecule has 2 aliphatic heterocycles. The second-order valence-electron chi connectivity index (χ2n) is 8.72. The van der Waals surface area contributed by atoms with Crippen LogP contribution in [0.5, 0.6) is 0 Å². The Hall–Kier alpha value is -2.72.